The number of phenols is 1. The number of amides is 2. The van der Waals surface area contributed by atoms with Crippen molar-refractivity contribution in [1.29, 1.82) is 0 Å². The lowest BCUT2D eigenvalue weighted by Gasteiger charge is -2.31. The molecule has 0 aliphatic carbocycles. The van der Waals surface area contributed by atoms with Crippen molar-refractivity contribution in [3.05, 3.63) is 94.1 Å². The van der Waals surface area contributed by atoms with Crippen LogP contribution in [0.3, 0.4) is 0 Å². The standard InChI is InChI=1S/C42H45N7O4S2/c1-24(2)38(42(52)49-17-7-9-33(49)40(51)44-25(3)27-11-13-29(14-12-27)39-26(4)43-23-54-39)35-22-37(47-53-35)48-18-15-28(16-19-48)36-21-30-20-32(45-46-41(30)55-36)31-8-5-6-10-34(31)50/h5-6,8,10-14,20-25,28,33,38,50H,7,9,15-19H2,1-4H3,(H,44,51)/t25-,33-,38+/m0/s1. The first-order valence-electron chi connectivity index (χ1n) is 19.0. The van der Waals surface area contributed by atoms with Gasteiger partial charge in [0.15, 0.2) is 11.6 Å². The number of carbonyl (C=O) groups excluding carboxylic acids is 2. The number of nitrogens with one attached hydrogen (secondary N) is 1. The lowest BCUT2D eigenvalue weighted by atomic mass is 9.91. The van der Waals surface area contributed by atoms with E-state index in [1.54, 1.807) is 39.7 Å². The van der Waals surface area contributed by atoms with Gasteiger partial charge in [0, 0.05) is 41.5 Å². The summed E-state index contributed by atoms with van der Waals surface area (Å²) in [6.45, 7) is 10.2. The van der Waals surface area contributed by atoms with E-state index in [0.717, 1.165) is 70.1 Å². The predicted octanol–water partition coefficient (Wildman–Crippen LogP) is 8.48. The number of fused-ring (bicyclic) bond motifs is 1. The molecule has 2 aliphatic heterocycles. The van der Waals surface area contributed by atoms with E-state index < -0.39 is 12.0 Å². The van der Waals surface area contributed by atoms with Crippen molar-refractivity contribution in [2.45, 2.75) is 77.3 Å². The van der Waals surface area contributed by atoms with Crippen LogP contribution in [0.2, 0.25) is 0 Å². The van der Waals surface area contributed by atoms with E-state index in [0.29, 0.717) is 35.9 Å². The summed E-state index contributed by atoms with van der Waals surface area (Å²) in [5.74, 6) is 1.02. The molecule has 2 amide bonds. The highest BCUT2D eigenvalue weighted by Crippen LogP contribution is 2.39. The molecule has 0 spiro atoms. The number of hydrogen-bond acceptors (Lipinski definition) is 11. The van der Waals surface area contributed by atoms with Crippen LogP contribution >= 0.6 is 22.7 Å². The Balaban J connectivity index is 0.896. The van der Waals surface area contributed by atoms with Crippen molar-refractivity contribution in [1.82, 2.24) is 30.6 Å². The molecular formula is C42H45N7O4S2. The molecule has 13 heteroatoms. The van der Waals surface area contributed by atoms with Gasteiger partial charge in [-0.1, -0.05) is 55.4 Å². The van der Waals surface area contributed by atoms with Crippen LogP contribution in [-0.2, 0) is 9.59 Å². The summed E-state index contributed by atoms with van der Waals surface area (Å²) in [7, 11) is 0. The normalized spacial score (nSPS) is 17.6. The summed E-state index contributed by atoms with van der Waals surface area (Å²) in [5.41, 5.74) is 6.30. The van der Waals surface area contributed by atoms with Crippen LogP contribution in [-0.4, -0.2) is 67.8 Å². The maximum absolute atomic E-state index is 14.2. The fourth-order valence-corrected chi connectivity index (χ4v) is 9.92. The second kappa shape index (κ2) is 15.5. The van der Waals surface area contributed by atoms with Crippen molar-refractivity contribution < 1.29 is 19.2 Å². The molecule has 4 aromatic heterocycles. The molecule has 2 N–H and O–H groups in total. The highest BCUT2D eigenvalue weighted by Gasteiger charge is 2.41. The topological polar surface area (TPSA) is 138 Å². The van der Waals surface area contributed by atoms with Crippen LogP contribution < -0.4 is 10.2 Å². The largest absolute Gasteiger partial charge is 0.507 e. The van der Waals surface area contributed by atoms with Crippen LogP contribution in [0.25, 0.3) is 31.9 Å². The number of thiazole rings is 1. The number of thiophene rings is 1. The Morgan fingerprint density at radius 1 is 0.964 bits per heavy atom. The number of piperidine rings is 1. The number of aryl methyl sites for hydroxylation is 1. The quantitative estimate of drug-likeness (QED) is 0.140. The maximum Gasteiger partial charge on any atom is 0.243 e. The van der Waals surface area contributed by atoms with Gasteiger partial charge in [-0.15, -0.1) is 32.9 Å². The second-order valence-electron chi connectivity index (χ2n) is 15.0. The lowest BCUT2D eigenvalue weighted by molar-refractivity contribution is -0.141. The number of anilines is 1. The minimum atomic E-state index is -0.547. The van der Waals surface area contributed by atoms with Gasteiger partial charge >= 0.3 is 0 Å². The van der Waals surface area contributed by atoms with Crippen molar-refractivity contribution in [2.24, 2.45) is 5.92 Å². The minimum Gasteiger partial charge on any atom is -0.507 e. The maximum atomic E-state index is 14.2. The zero-order chi connectivity index (χ0) is 38.2. The van der Waals surface area contributed by atoms with E-state index in [2.05, 4.69) is 48.8 Å². The third-order valence-electron chi connectivity index (χ3n) is 11.1. The summed E-state index contributed by atoms with van der Waals surface area (Å²) in [4.78, 5) is 39.6. The van der Waals surface area contributed by atoms with Gasteiger partial charge in [-0.25, -0.2) is 4.98 Å². The molecular weight excluding hydrogens is 731 g/mol. The van der Waals surface area contributed by atoms with Crippen LogP contribution in [0.15, 0.2) is 76.8 Å². The number of benzene rings is 2. The Kier molecular flexibility index (Phi) is 10.4. The lowest BCUT2D eigenvalue weighted by Crippen LogP contribution is -2.48. The Bertz CT molecular complexity index is 2310. The number of para-hydroxylation sites is 1. The van der Waals surface area contributed by atoms with Gasteiger partial charge in [0.2, 0.25) is 11.8 Å². The fourth-order valence-electron chi connectivity index (χ4n) is 7.98. The average molecular weight is 776 g/mol. The molecule has 6 aromatic rings. The van der Waals surface area contributed by atoms with Crippen molar-refractivity contribution in [3.63, 3.8) is 0 Å². The van der Waals surface area contributed by atoms with E-state index >= 15 is 0 Å². The summed E-state index contributed by atoms with van der Waals surface area (Å²) >= 11 is 3.30. The van der Waals surface area contributed by atoms with E-state index in [1.165, 1.54) is 4.88 Å². The monoisotopic (exact) mass is 775 g/mol. The summed E-state index contributed by atoms with van der Waals surface area (Å²) < 4.78 is 5.92. The van der Waals surface area contributed by atoms with Crippen molar-refractivity contribution >= 4 is 50.5 Å². The zero-order valence-electron chi connectivity index (χ0n) is 31.4. The molecule has 8 rings (SSSR count). The van der Waals surface area contributed by atoms with E-state index in [4.69, 9.17) is 4.52 Å². The molecule has 0 bridgehead atoms. The number of aromatic nitrogens is 4. The summed E-state index contributed by atoms with van der Waals surface area (Å²) in [5, 5.41) is 27.8. The third kappa shape index (κ3) is 7.47. The third-order valence-corrected chi connectivity index (χ3v) is 13.2. The van der Waals surface area contributed by atoms with Gasteiger partial charge in [0.05, 0.1) is 27.8 Å². The second-order valence-corrected chi connectivity index (χ2v) is 17.0. The molecule has 2 aliphatic rings. The van der Waals surface area contributed by atoms with Crippen LogP contribution in [0.4, 0.5) is 5.82 Å². The van der Waals surface area contributed by atoms with Crippen LogP contribution in [0.1, 0.15) is 86.2 Å². The molecule has 284 valence electrons. The first kappa shape index (κ1) is 36.8. The highest BCUT2D eigenvalue weighted by atomic mass is 32.1. The van der Waals surface area contributed by atoms with Gasteiger partial charge in [-0.05, 0) is 86.8 Å². The molecule has 6 heterocycles. The Morgan fingerprint density at radius 3 is 2.47 bits per heavy atom. The van der Waals surface area contributed by atoms with Gasteiger partial charge in [0.25, 0.3) is 0 Å². The molecule has 2 fully saturated rings. The number of nitrogens with zero attached hydrogens (tertiary/aromatic N) is 6. The van der Waals surface area contributed by atoms with Gasteiger partial charge in [0.1, 0.15) is 22.5 Å². The molecule has 11 nitrogen and oxygen atoms in total. The van der Waals surface area contributed by atoms with Crippen LogP contribution in [0, 0.1) is 12.8 Å². The molecule has 55 heavy (non-hydrogen) atoms. The van der Waals surface area contributed by atoms with Gasteiger partial charge in [-0.3, -0.25) is 9.59 Å². The smallest absolute Gasteiger partial charge is 0.243 e. The highest BCUT2D eigenvalue weighted by molar-refractivity contribution is 7.18. The molecule has 0 unspecified atom stereocenters. The Labute approximate surface area is 328 Å². The van der Waals surface area contributed by atoms with E-state index in [9.17, 15) is 14.7 Å². The van der Waals surface area contributed by atoms with E-state index in [-0.39, 0.29) is 29.5 Å². The molecule has 3 atom stereocenters. The summed E-state index contributed by atoms with van der Waals surface area (Å²) in [6, 6.07) is 20.8. The minimum absolute atomic E-state index is 0.0506. The van der Waals surface area contributed by atoms with Gasteiger partial charge in [-0.2, -0.15) is 0 Å². The van der Waals surface area contributed by atoms with Gasteiger partial charge < -0.3 is 24.7 Å². The number of carbonyl (C=O) groups is 2. The predicted molar refractivity (Wildman–Crippen MR) is 216 cm³/mol. The number of aromatic hydroxyl groups is 1. The van der Waals surface area contributed by atoms with Crippen LogP contribution in [0.5, 0.6) is 5.75 Å². The zero-order valence-corrected chi connectivity index (χ0v) is 33.1. The number of hydrogen-bond donors (Lipinski definition) is 2. The SMILES string of the molecule is Cc1ncsc1-c1ccc([C@H](C)NC(=O)[C@@H]2CCCN2C(=O)[C@@H](c2cc(N3CCC(c4cc5cc(-c6ccccc6O)nnc5s4)CC3)no2)C(C)C)cc1. The van der Waals surface area contributed by atoms with Crippen molar-refractivity contribution in [3.8, 4) is 27.4 Å². The number of likely N-dealkylation sites (tertiary alicyclic amines) is 1. The average Bonchev–Trinajstić information content (AvgIpc) is 4.02. The molecule has 2 saturated heterocycles. The first-order valence-corrected chi connectivity index (χ1v) is 20.7. The number of rotatable bonds is 10. The molecule has 2 aromatic carbocycles. The Hall–Kier alpha value is -5.14. The Morgan fingerprint density at radius 2 is 1.75 bits per heavy atom. The molecule has 0 radical (unpaired) electrons. The van der Waals surface area contributed by atoms with Crippen molar-refractivity contribution in [2.75, 3.05) is 24.5 Å². The first-order chi connectivity index (χ1) is 26.6. The summed E-state index contributed by atoms with van der Waals surface area (Å²) in [6.07, 6.45) is 3.28. The number of phenolic OH excluding ortho intramolecular Hbond substituents is 1. The molecule has 0 saturated carbocycles. The van der Waals surface area contributed by atoms with E-state index in [1.807, 2.05) is 69.6 Å². The fraction of sp³-hybridized carbons (Fsp3) is 0.381.